The van der Waals surface area contributed by atoms with E-state index in [1.807, 2.05) is 0 Å². The van der Waals surface area contributed by atoms with Crippen LogP contribution < -0.4 is 0 Å². The van der Waals surface area contributed by atoms with E-state index in [0.717, 1.165) is 23.9 Å². The Morgan fingerprint density at radius 3 is 3.00 bits per heavy atom. The van der Waals surface area contributed by atoms with E-state index in [1.165, 1.54) is 18.7 Å². The molecule has 3 rings (SSSR count). The zero-order valence-electron chi connectivity index (χ0n) is 12.4. The van der Waals surface area contributed by atoms with E-state index >= 15 is 0 Å². The Balaban J connectivity index is 1.87. The number of hydrogen-bond acceptors (Lipinski definition) is 5. The quantitative estimate of drug-likeness (QED) is 0.862. The van der Waals surface area contributed by atoms with E-state index in [0.29, 0.717) is 18.8 Å². The second-order valence-electron chi connectivity index (χ2n) is 5.44. The van der Waals surface area contributed by atoms with Gasteiger partial charge in [0, 0.05) is 12.7 Å². The highest BCUT2D eigenvalue weighted by Crippen LogP contribution is 2.29. The zero-order valence-corrected chi connectivity index (χ0v) is 12.4. The van der Waals surface area contributed by atoms with Gasteiger partial charge in [-0.1, -0.05) is 18.0 Å². The predicted molar refractivity (Wildman–Crippen MR) is 74.8 cm³/mol. The van der Waals surface area contributed by atoms with E-state index in [9.17, 15) is 13.6 Å². The molecule has 1 atom stereocenters. The first-order chi connectivity index (χ1) is 11.2. The van der Waals surface area contributed by atoms with Crippen LogP contribution in [-0.4, -0.2) is 43.7 Å². The summed E-state index contributed by atoms with van der Waals surface area (Å²) in [7, 11) is 0. The molecule has 0 aromatic carbocycles. The molecule has 1 saturated heterocycles. The smallest absolute Gasteiger partial charge is 0.272 e. The number of carbonyl (C=O) groups is 1. The lowest BCUT2D eigenvalue weighted by Gasteiger charge is -2.27. The molecule has 23 heavy (non-hydrogen) atoms. The first-order valence-corrected chi connectivity index (χ1v) is 7.54. The molecule has 124 valence electrons. The predicted octanol–water partition coefficient (Wildman–Crippen LogP) is 2.29. The van der Waals surface area contributed by atoms with Crippen molar-refractivity contribution in [2.75, 3.05) is 6.54 Å². The van der Waals surface area contributed by atoms with Gasteiger partial charge in [-0.15, -0.1) is 0 Å². The molecule has 0 radical (unpaired) electrons. The Morgan fingerprint density at radius 2 is 2.26 bits per heavy atom. The van der Waals surface area contributed by atoms with Gasteiger partial charge in [0.25, 0.3) is 12.3 Å². The summed E-state index contributed by atoms with van der Waals surface area (Å²) in [4.78, 5) is 18.5. The van der Waals surface area contributed by atoms with Crippen molar-refractivity contribution in [3.05, 3.63) is 30.2 Å². The van der Waals surface area contributed by atoms with Crippen LogP contribution in [0.2, 0.25) is 0 Å². The number of hydrogen-bond donors (Lipinski definition) is 0. The molecule has 3 heterocycles. The van der Waals surface area contributed by atoms with Gasteiger partial charge in [-0.2, -0.15) is 10.1 Å². The highest BCUT2D eigenvalue weighted by atomic mass is 19.3. The minimum atomic E-state index is -2.57. The first-order valence-electron chi connectivity index (χ1n) is 7.54. The zero-order chi connectivity index (χ0) is 16.2. The molecule has 7 nitrogen and oxygen atoms in total. The molecule has 0 aliphatic carbocycles. The SMILES string of the molecule is O=C(c1ccnn1CC(F)F)N1CCCCC[C@H]1c1ncon1. The second-order valence-corrected chi connectivity index (χ2v) is 5.44. The Morgan fingerprint density at radius 1 is 1.39 bits per heavy atom. The maximum Gasteiger partial charge on any atom is 0.272 e. The molecule has 1 amide bonds. The number of aromatic nitrogens is 4. The van der Waals surface area contributed by atoms with Crippen LogP contribution in [0.3, 0.4) is 0 Å². The van der Waals surface area contributed by atoms with Crippen molar-refractivity contribution in [2.24, 2.45) is 0 Å². The topological polar surface area (TPSA) is 77.0 Å². The molecular formula is C14H17F2N5O2. The summed E-state index contributed by atoms with van der Waals surface area (Å²) < 4.78 is 31.1. The highest BCUT2D eigenvalue weighted by molar-refractivity contribution is 5.92. The molecular weight excluding hydrogens is 308 g/mol. The fraction of sp³-hybridized carbons (Fsp3) is 0.571. The van der Waals surface area contributed by atoms with E-state index in [-0.39, 0.29) is 17.6 Å². The first kappa shape index (κ1) is 15.6. The minimum Gasteiger partial charge on any atom is -0.343 e. The van der Waals surface area contributed by atoms with E-state index < -0.39 is 13.0 Å². The lowest BCUT2D eigenvalue weighted by molar-refractivity contribution is 0.0646. The fourth-order valence-corrected chi connectivity index (χ4v) is 2.88. The van der Waals surface area contributed by atoms with Crippen LogP contribution in [0.4, 0.5) is 8.78 Å². The molecule has 0 spiro atoms. The molecule has 9 heteroatoms. The number of nitrogens with zero attached hydrogens (tertiary/aromatic N) is 5. The standard InChI is InChI=1S/C14H17F2N5O2/c15-12(16)8-21-11(5-6-18-21)14(22)20-7-3-1-2-4-10(20)13-17-9-23-19-13/h5-6,9-10,12H,1-4,7-8H2/t10-/m0/s1. The lowest BCUT2D eigenvalue weighted by atomic mass is 10.1. The second kappa shape index (κ2) is 6.84. The highest BCUT2D eigenvalue weighted by Gasteiger charge is 2.32. The monoisotopic (exact) mass is 325 g/mol. The molecule has 2 aromatic rings. The Labute approximate surface area is 131 Å². The van der Waals surface area contributed by atoms with Crippen molar-refractivity contribution in [1.82, 2.24) is 24.8 Å². The van der Waals surface area contributed by atoms with Crippen molar-refractivity contribution < 1.29 is 18.1 Å². The largest absolute Gasteiger partial charge is 0.343 e. The summed E-state index contributed by atoms with van der Waals surface area (Å²) in [5.74, 6) is 0.111. The van der Waals surface area contributed by atoms with Crippen LogP contribution in [0, 0.1) is 0 Å². The summed E-state index contributed by atoms with van der Waals surface area (Å²) in [5, 5.41) is 7.67. The van der Waals surface area contributed by atoms with Gasteiger partial charge in [0.05, 0.1) is 6.04 Å². The maximum absolute atomic E-state index is 12.9. The van der Waals surface area contributed by atoms with Gasteiger partial charge in [0.2, 0.25) is 6.39 Å². The Hall–Kier alpha value is -2.32. The molecule has 1 aliphatic rings. The van der Waals surface area contributed by atoms with Gasteiger partial charge < -0.3 is 9.42 Å². The van der Waals surface area contributed by atoms with Gasteiger partial charge in [-0.25, -0.2) is 8.78 Å². The third-order valence-electron chi connectivity index (χ3n) is 3.94. The van der Waals surface area contributed by atoms with Crippen molar-refractivity contribution in [1.29, 1.82) is 0 Å². The fourth-order valence-electron chi connectivity index (χ4n) is 2.88. The Kier molecular flexibility index (Phi) is 4.63. The van der Waals surface area contributed by atoms with Crippen LogP contribution in [0.1, 0.15) is 48.0 Å². The number of likely N-dealkylation sites (tertiary alicyclic amines) is 1. The number of rotatable bonds is 4. The summed E-state index contributed by atoms with van der Waals surface area (Å²) in [5.41, 5.74) is 0.153. The van der Waals surface area contributed by atoms with Crippen LogP contribution in [0.25, 0.3) is 0 Å². The average Bonchev–Trinajstić information content (AvgIpc) is 3.14. The molecule has 0 unspecified atom stereocenters. The summed E-state index contributed by atoms with van der Waals surface area (Å²) in [6.07, 6.45) is 3.52. The molecule has 0 saturated carbocycles. The van der Waals surface area contributed by atoms with E-state index in [4.69, 9.17) is 4.52 Å². The number of amides is 1. The van der Waals surface area contributed by atoms with Gasteiger partial charge in [-0.05, 0) is 18.9 Å². The summed E-state index contributed by atoms with van der Waals surface area (Å²) in [6.45, 7) is -0.0767. The minimum absolute atomic E-state index is 0.153. The van der Waals surface area contributed by atoms with Gasteiger partial charge >= 0.3 is 0 Å². The Bertz CT molecular complexity index is 643. The van der Waals surface area contributed by atoms with Crippen LogP contribution >= 0.6 is 0 Å². The van der Waals surface area contributed by atoms with Gasteiger partial charge in [0.1, 0.15) is 12.2 Å². The molecule has 1 fully saturated rings. The number of carbonyl (C=O) groups excluding carboxylic acids is 1. The summed E-state index contributed by atoms with van der Waals surface area (Å²) >= 11 is 0. The maximum atomic E-state index is 12.9. The normalized spacial score (nSPS) is 19.1. The van der Waals surface area contributed by atoms with Crippen LogP contribution in [0.5, 0.6) is 0 Å². The van der Waals surface area contributed by atoms with Gasteiger partial charge in [0.15, 0.2) is 5.82 Å². The molecule has 2 aromatic heterocycles. The van der Waals surface area contributed by atoms with Gasteiger partial charge in [-0.3, -0.25) is 9.48 Å². The molecule has 0 N–H and O–H groups in total. The average molecular weight is 325 g/mol. The van der Waals surface area contributed by atoms with E-state index in [2.05, 4.69) is 15.2 Å². The van der Waals surface area contributed by atoms with Crippen molar-refractivity contribution in [3.8, 4) is 0 Å². The molecule has 0 bridgehead atoms. The number of halogens is 2. The number of alkyl halides is 2. The van der Waals surface area contributed by atoms with E-state index in [1.54, 1.807) is 4.90 Å². The third kappa shape index (κ3) is 3.38. The summed E-state index contributed by atoms with van der Waals surface area (Å²) in [6, 6.07) is 1.15. The molecule has 1 aliphatic heterocycles. The van der Waals surface area contributed by atoms with Crippen molar-refractivity contribution >= 4 is 5.91 Å². The third-order valence-corrected chi connectivity index (χ3v) is 3.94. The van der Waals surface area contributed by atoms with Crippen LogP contribution in [-0.2, 0) is 6.54 Å². The van der Waals surface area contributed by atoms with Crippen molar-refractivity contribution in [3.63, 3.8) is 0 Å². The van der Waals surface area contributed by atoms with Crippen molar-refractivity contribution in [2.45, 2.75) is 44.7 Å². The lowest BCUT2D eigenvalue weighted by Crippen LogP contribution is -2.37. The van der Waals surface area contributed by atoms with Crippen LogP contribution in [0.15, 0.2) is 23.2 Å².